The average molecular weight is 130 g/mol. The molecule has 0 aliphatic carbocycles. The van der Waals surface area contributed by atoms with E-state index in [-0.39, 0.29) is 0 Å². The van der Waals surface area contributed by atoms with E-state index in [1.807, 2.05) is 0 Å². The van der Waals surface area contributed by atoms with Crippen LogP contribution >= 0.6 is 0 Å². The molecule has 52 valence electrons. The highest BCUT2D eigenvalue weighted by Gasteiger charge is 2.04. The minimum atomic E-state index is -0.918. The van der Waals surface area contributed by atoms with Crippen LogP contribution in [0.3, 0.4) is 0 Å². The van der Waals surface area contributed by atoms with Gasteiger partial charge in [0.25, 0.3) is 0 Å². The van der Waals surface area contributed by atoms with Crippen molar-refractivity contribution in [3.05, 3.63) is 12.3 Å². The van der Waals surface area contributed by atoms with Crippen molar-refractivity contribution < 1.29 is 10.2 Å². The van der Waals surface area contributed by atoms with Crippen molar-refractivity contribution >= 4 is 0 Å². The van der Waals surface area contributed by atoms with Crippen LogP contribution in [0.25, 0.3) is 0 Å². The first kappa shape index (κ1) is 8.26. The van der Waals surface area contributed by atoms with E-state index in [1.54, 1.807) is 0 Å². The van der Waals surface area contributed by atoms with Crippen LogP contribution in [0.2, 0.25) is 0 Å². The molecule has 0 aromatic heterocycles. The Balaban J connectivity index is 3.61. The molecule has 3 N–H and O–H groups in total. The molecule has 4 nitrogen and oxygen atoms in total. The van der Waals surface area contributed by atoms with E-state index in [2.05, 4.69) is 5.11 Å². The molecule has 0 aliphatic heterocycles. The maximum absolute atomic E-state index is 8.78. The lowest BCUT2D eigenvalue weighted by molar-refractivity contribution is 0.0618. The third-order valence-corrected chi connectivity index (χ3v) is 0.852. The fraction of sp³-hybridized carbons (Fsp3) is 0.600. The van der Waals surface area contributed by atoms with Gasteiger partial charge in [0.2, 0.25) is 0 Å². The Kier molecular flexibility index (Phi) is 3.83. The Hall–Kier alpha value is -0.740. The summed E-state index contributed by atoms with van der Waals surface area (Å²) < 4.78 is 0. The largest absolute Gasteiger partial charge is 0.390 e. The minimum Gasteiger partial charge on any atom is -0.390 e. The standard InChI is InChI=1S/C5H10N2O2/c1-4(8)5(9)2-3-7-6/h2-6,8-9H,1H3/b3-2+,7-6?/t4-,5-/m1/s1. The predicted octanol–water partition coefficient (Wildman–Crippen LogP) is 0.273. The SMILES string of the molecule is C[C@@H](O)[C@H](O)/C=C/N=N. The van der Waals surface area contributed by atoms with E-state index >= 15 is 0 Å². The first-order valence-electron chi connectivity index (χ1n) is 2.58. The summed E-state index contributed by atoms with van der Waals surface area (Å²) in [5.74, 6) is 0. The molecule has 0 rings (SSSR count). The van der Waals surface area contributed by atoms with Crippen LogP contribution in [0, 0.1) is 5.53 Å². The van der Waals surface area contributed by atoms with Crippen LogP contribution in [-0.2, 0) is 0 Å². The van der Waals surface area contributed by atoms with Gasteiger partial charge in [-0.15, -0.1) is 0 Å². The highest BCUT2D eigenvalue weighted by Crippen LogP contribution is 1.92. The second kappa shape index (κ2) is 4.17. The van der Waals surface area contributed by atoms with Crippen molar-refractivity contribution in [1.82, 2.24) is 0 Å². The summed E-state index contributed by atoms with van der Waals surface area (Å²) in [5, 5.41) is 20.3. The normalized spacial score (nSPS) is 17.7. The van der Waals surface area contributed by atoms with Crippen LogP contribution in [0.5, 0.6) is 0 Å². The summed E-state index contributed by atoms with van der Waals surface area (Å²) in [6, 6.07) is 0. The van der Waals surface area contributed by atoms with E-state index < -0.39 is 12.2 Å². The number of rotatable bonds is 3. The van der Waals surface area contributed by atoms with Gasteiger partial charge in [-0.3, -0.25) is 0 Å². The van der Waals surface area contributed by atoms with Gasteiger partial charge in [0.1, 0.15) is 0 Å². The van der Waals surface area contributed by atoms with E-state index in [4.69, 9.17) is 15.7 Å². The van der Waals surface area contributed by atoms with E-state index in [0.29, 0.717) is 0 Å². The lowest BCUT2D eigenvalue weighted by Crippen LogP contribution is -2.19. The van der Waals surface area contributed by atoms with Crippen molar-refractivity contribution in [3.63, 3.8) is 0 Å². The molecule has 0 bridgehead atoms. The Morgan fingerprint density at radius 1 is 1.56 bits per heavy atom. The van der Waals surface area contributed by atoms with Crippen molar-refractivity contribution in [1.29, 1.82) is 5.53 Å². The molecule has 0 aromatic rings. The smallest absolute Gasteiger partial charge is 0.0995 e. The predicted molar refractivity (Wildman–Crippen MR) is 32.0 cm³/mol. The molecule has 0 aliphatic rings. The van der Waals surface area contributed by atoms with Gasteiger partial charge in [-0.1, -0.05) is 0 Å². The molecule has 9 heavy (non-hydrogen) atoms. The first-order valence-corrected chi connectivity index (χ1v) is 2.58. The van der Waals surface area contributed by atoms with Crippen molar-refractivity contribution in [3.8, 4) is 0 Å². The number of aliphatic hydroxyl groups excluding tert-OH is 2. The fourth-order valence-corrected chi connectivity index (χ4v) is 0.292. The Labute approximate surface area is 53.3 Å². The molecule has 0 amide bonds. The quantitative estimate of drug-likeness (QED) is 0.479. The summed E-state index contributed by atoms with van der Waals surface area (Å²) in [7, 11) is 0. The number of aliphatic hydroxyl groups is 2. The molecule has 0 fully saturated rings. The summed E-state index contributed by atoms with van der Waals surface area (Å²) in [6.07, 6.45) is 0.650. The van der Waals surface area contributed by atoms with Gasteiger partial charge >= 0.3 is 0 Å². The molecule has 4 heteroatoms. The zero-order valence-electron chi connectivity index (χ0n) is 5.15. The first-order chi connectivity index (χ1) is 4.18. The molecule has 0 unspecified atom stereocenters. The third kappa shape index (κ3) is 3.81. The highest BCUT2D eigenvalue weighted by atomic mass is 16.3. The maximum Gasteiger partial charge on any atom is 0.0995 e. The zero-order valence-corrected chi connectivity index (χ0v) is 5.15. The molecule has 0 saturated carbocycles. The van der Waals surface area contributed by atoms with Crippen LogP contribution in [0.1, 0.15) is 6.92 Å². The number of hydrogen-bond donors (Lipinski definition) is 3. The molecule has 0 heterocycles. The van der Waals surface area contributed by atoms with Gasteiger partial charge < -0.3 is 10.2 Å². The number of nitrogens with one attached hydrogen (secondary N) is 1. The van der Waals surface area contributed by atoms with Gasteiger partial charge in [0.15, 0.2) is 0 Å². The van der Waals surface area contributed by atoms with Crippen LogP contribution in [0.15, 0.2) is 17.4 Å². The van der Waals surface area contributed by atoms with E-state index in [1.165, 1.54) is 13.0 Å². The molecule has 0 saturated heterocycles. The minimum absolute atomic E-state index is 0.803. The van der Waals surface area contributed by atoms with Gasteiger partial charge in [0.05, 0.1) is 12.2 Å². The summed E-state index contributed by atoms with van der Waals surface area (Å²) in [6.45, 7) is 1.46. The van der Waals surface area contributed by atoms with Crippen LogP contribution in [-0.4, -0.2) is 22.4 Å². The molecular formula is C5H10N2O2. The number of hydrogen-bond acceptors (Lipinski definition) is 4. The summed E-state index contributed by atoms with van der Waals surface area (Å²) >= 11 is 0. The van der Waals surface area contributed by atoms with E-state index in [9.17, 15) is 0 Å². The van der Waals surface area contributed by atoms with Gasteiger partial charge in [-0.25, -0.2) is 5.53 Å². The molecule has 2 atom stereocenters. The Morgan fingerprint density at radius 3 is 2.44 bits per heavy atom. The van der Waals surface area contributed by atoms with Gasteiger partial charge in [-0.05, 0) is 13.0 Å². The third-order valence-electron chi connectivity index (χ3n) is 0.852. The monoisotopic (exact) mass is 130 g/mol. The molecule has 0 radical (unpaired) electrons. The van der Waals surface area contributed by atoms with Gasteiger partial charge in [-0.2, -0.15) is 5.11 Å². The second-order valence-corrected chi connectivity index (χ2v) is 1.70. The fourth-order valence-electron chi connectivity index (χ4n) is 0.292. The molecule has 0 spiro atoms. The highest BCUT2D eigenvalue weighted by molar-refractivity contribution is 4.88. The lowest BCUT2D eigenvalue weighted by Gasteiger charge is -2.05. The summed E-state index contributed by atoms with van der Waals surface area (Å²) in [5.41, 5.74) is 6.28. The maximum atomic E-state index is 8.78. The zero-order chi connectivity index (χ0) is 7.28. The Morgan fingerprint density at radius 2 is 2.11 bits per heavy atom. The molecule has 0 aromatic carbocycles. The lowest BCUT2D eigenvalue weighted by atomic mass is 10.2. The van der Waals surface area contributed by atoms with Gasteiger partial charge in [0, 0.05) is 6.20 Å². The van der Waals surface area contributed by atoms with Crippen molar-refractivity contribution in [2.24, 2.45) is 5.11 Å². The van der Waals surface area contributed by atoms with Crippen LogP contribution < -0.4 is 0 Å². The van der Waals surface area contributed by atoms with Crippen molar-refractivity contribution in [2.45, 2.75) is 19.1 Å². The van der Waals surface area contributed by atoms with Crippen molar-refractivity contribution in [2.75, 3.05) is 0 Å². The average Bonchev–Trinajstić information content (AvgIpc) is 1.82. The summed E-state index contributed by atoms with van der Waals surface area (Å²) in [4.78, 5) is 0. The topological polar surface area (TPSA) is 76.7 Å². The van der Waals surface area contributed by atoms with Crippen LogP contribution in [0.4, 0.5) is 0 Å². The number of nitrogens with zero attached hydrogens (tertiary/aromatic N) is 1. The molecular weight excluding hydrogens is 120 g/mol. The second-order valence-electron chi connectivity index (χ2n) is 1.70. The van der Waals surface area contributed by atoms with E-state index in [0.717, 1.165) is 6.20 Å². The Bertz CT molecular complexity index is 112.